The van der Waals surface area contributed by atoms with Crippen molar-refractivity contribution in [1.29, 1.82) is 0 Å². The minimum absolute atomic E-state index is 0.120. The van der Waals surface area contributed by atoms with Crippen LogP contribution < -0.4 is 10.5 Å². The molecule has 1 aromatic carbocycles. The molecule has 0 spiro atoms. The van der Waals surface area contributed by atoms with Gasteiger partial charge in [-0.25, -0.2) is 4.39 Å². The number of ether oxygens (including phenoxy) is 1. The summed E-state index contributed by atoms with van der Waals surface area (Å²) >= 11 is 0. The van der Waals surface area contributed by atoms with E-state index in [4.69, 9.17) is 10.5 Å². The first-order valence-electron chi connectivity index (χ1n) is 5.74. The first-order chi connectivity index (χ1) is 7.99. The molecule has 17 heavy (non-hydrogen) atoms. The zero-order chi connectivity index (χ0) is 12.9. The zero-order valence-electron chi connectivity index (χ0n) is 10.7. The molecule has 1 rings (SSSR count). The van der Waals surface area contributed by atoms with Gasteiger partial charge < -0.3 is 15.4 Å². The van der Waals surface area contributed by atoms with E-state index in [1.807, 2.05) is 14.1 Å². The van der Waals surface area contributed by atoms with Crippen LogP contribution in [0.2, 0.25) is 0 Å². The van der Waals surface area contributed by atoms with Gasteiger partial charge in [0.15, 0.2) is 11.6 Å². The summed E-state index contributed by atoms with van der Waals surface area (Å²) in [6.07, 6.45) is 0.755. The maximum Gasteiger partial charge on any atom is 0.165 e. The lowest BCUT2D eigenvalue weighted by molar-refractivity contribution is 0.137. The Hall–Kier alpha value is -1.13. The van der Waals surface area contributed by atoms with Crippen molar-refractivity contribution in [3.8, 4) is 5.75 Å². The van der Waals surface area contributed by atoms with E-state index in [-0.39, 0.29) is 11.4 Å². The van der Waals surface area contributed by atoms with Crippen molar-refractivity contribution in [2.45, 2.75) is 18.9 Å². The van der Waals surface area contributed by atoms with Gasteiger partial charge in [0.25, 0.3) is 0 Å². The summed E-state index contributed by atoms with van der Waals surface area (Å²) in [7, 11) is 3.96. The number of halogens is 1. The summed E-state index contributed by atoms with van der Waals surface area (Å²) < 4.78 is 18.7. The fraction of sp³-hybridized carbons (Fsp3) is 0.538. The minimum Gasteiger partial charge on any atom is -0.490 e. The monoisotopic (exact) mass is 240 g/mol. The summed E-state index contributed by atoms with van der Waals surface area (Å²) in [4.78, 5) is 2.07. The van der Waals surface area contributed by atoms with Crippen LogP contribution in [0, 0.1) is 5.82 Å². The molecule has 0 aliphatic rings. The second kappa shape index (κ2) is 5.98. The van der Waals surface area contributed by atoms with E-state index >= 15 is 0 Å². The Morgan fingerprint density at radius 3 is 2.53 bits per heavy atom. The summed E-state index contributed by atoms with van der Waals surface area (Å²) in [5.74, 6) is -0.0302. The van der Waals surface area contributed by atoms with Crippen LogP contribution in [0.4, 0.5) is 4.39 Å². The maximum atomic E-state index is 13.3. The standard InChI is InChI=1S/C13H21FN2O/c1-13(10-15,16(2)3)8-9-17-12-7-5-4-6-11(12)14/h4-7H,8-10,15H2,1-3H3. The van der Waals surface area contributed by atoms with Crippen molar-refractivity contribution in [2.24, 2.45) is 5.73 Å². The number of hydrogen-bond donors (Lipinski definition) is 1. The van der Waals surface area contributed by atoms with E-state index in [9.17, 15) is 4.39 Å². The van der Waals surface area contributed by atoms with Gasteiger partial charge in [-0.2, -0.15) is 0 Å². The first-order valence-corrected chi connectivity index (χ1v) is 5.74. The van der Waals surface area contributed by atoms with Crippen molar-refractivity contribution >= 4 is 0 Å². The SMILES string of the molecule is CN(C)C(C)(CN)CCOc1ccccc1F. The van der Waals surface area contributed by atoms with Crippen LogP contribution in [-0.4, -0.2) is 37.7 Å². The highest BCUT2D eigenvalue weighted by Crippen LogP contribution is 2.19. The molecule has 0 aliphatic heterocycles. The van der Waals surface area contributed by atoms with Gasteiger partial charge in [-0.05, 0) is 33.2 Å². The van der Waals surface area contributed by atoms with Crippen LogP contribution >= 0.6 is 0 Å². The van der Waals surface area contributed by atoms with E-state index in [1.54, 1.807) is 18.2 Å². The Morgan fingerprint density at radius 2 is 2.00 bits per heavy atom. The second-order valence-electron chi connectivity index (χ2n) is 4.62. The highest BCUT2D eigenvalue weighted by molar-refractivity contribution is 5.23. The van der Waals surface area contributed by atoms with Crippen molar-refractivity contribution in [2.75, 3.05) is 27.2 Å². The van der Waals surface area contributed by atoms with Gasteiger partial charge in [0.05, 0.1) is 6.61 Å². The largest absolute Gasteiger partial charge is 0.490 e. The second-order valence-corrected chi connectivity index (χ2v) is 4.62. The van der Waals surface area contributed by atoms with E-state index < -0.39 is 0 Å². The molecule has 3 nitrogen and oxygen atoms in total. The van der Waals surface area contributed by atoms with Gasteiger partial charge in [0.1, 0.15) is 0 Å². The fourth-order valence-corrected chi connectivity index (χ4v) is 1.45. The third kappa shape index (κ3) is 3.68. The Bertz CT molecular complexity index is 357. The quantitative estimate of drug-likeness (QED) is 0.825. The van der Waals surface area contributed by atoms with E-state index in [0.717, 1.165) is 6.42 Å². The summed E-state index contributed by atoms with van der Waals surface area (Å²) in [5, 5.41) is 0. The van der Waals surface area contributed by atoms with Gasteiger partial charge >= 0.3 is 0 Å². The van der Waals surface area contributed by atoms with Crippen LogP contribution in [0.15, 0.2) is 24.3 Å². The number of nitrogens with two attached hydrogens (primary N) is 1. The van der Waals surface area contributed by atoms with Gasteiger partial charge in [0, 0.05) is 18.5 Å². The predicted molar refractivity (Wildman–Crippen MR) is 67.7 cm³/mol. The molecule has 1 aromatic rings. The molecule has 0 heterocycles. The molecule has 4 heteroatoms. The zero-order valence-corrected chi connectivity index (χ0v) is 10.7. The highest BCUT2D eigenvalue weighted by Gasteiger charge is 2.24. The lowest BCUT2D eigenvalue weighted by atomic mass is 9.97. The predicted octanol–water partition coefficient (Wildman–Crippen LogP) is 1.87. The Morgan fingerprint density at radius 1 is 1.35 bits per heavy atom. The third-order valence-electron chi connectivity index (χ3n) is 3.25. The highest BCUT2D eigenvalue weighted by atomic mass is 19.1. The average molecular weight is 240 g/mol. The Labute approximate surface area is 102 Å². The van der Waals surface area contributed by atoms with E-state index in [0.29, 0.717) is 18.9 Å². The van der Waals surface area contributed by atoms with Crippen LogP contribution in [0.5, 0.6) is 5.75 Å². The first kappa shape index (κ1) is 13.9. The molecule has 0 aliphatic carbocycles. The normalized spacial score (nSPS) is 14.7. The van der Waals surface area contributed by atoms with Gasteiger partial charge in [-0.1, -0.05) is 12.1 Å². The molecule has 0 amide bonds. The molecule has 0 radical (unpaired) electrons. The van der Waals surface area contributed by atoms with Crippen molar-refractivity contribution in [3.05, 3.63) is 30.1 Å². The molecular formula is C13H21FN2O. The van der Waals surface area contributed by atoms with Gasteiger partial charge in [-0.15, -0.1) is 0 Å². The number of rotatable bonds is 6. The van der Waals surface area contributed by atoms with Crippen LogP contribution in [0.25, 0.3) is 0 Å². The molecule has 1 atom stereocenters. The lowest BCUT2D eigenvalue weighted by Gasteiger charge is -2.35. The number of benzene rings is 1. The van der Waals surface area contributed by atoms with E-state index in [1.165, 1.54) is 6.07 Å². The van der Waals surface area contributed by atoms with Crippen molar-refractivity contribution in [1.82, 2.24) is 4.90 Å². The molecular weight excluding hydrogens is 219 g/mol. The van der Waals surface area contributed by atoms with E-state index in [2.05, 4.69) is 11.8 Å². The average Bonchev–Trinajstić information content (AvgIpc) is 2.31. The Balaban J connectivity index is 2.50. The minimum atomic E-state index is -0.327. The van der Waals surface area contributed by atoms with Crippen LogP contribution in [0.3, 0.4) is 0 Å². The molecule has 96 valence electrons. The third-order valence-corrected chi connectivity index (χ3v) is 3.25. The topological polar surface area (TPSA) is 38.5 Å². The fourth-order valence-electron chi connectivity index (χ4n) is 1.45. The van der Waals surface area contributed by atoms with Crippen LogP contribution in [-0.2, 0) is 0 Å². The lowest BCUT2D eigenvalue weighted by Crippen LogP contribution is -2.48. The number of likely N-dealkylation sites (N-methyl/N-ethyl adjacent to an activating group) is 1. The molecule has 0 saturated carbocycles. The molecule has 2 N–H and O–H groups in total. The van der Waals surface area contributed by atoms with Crippen LogP contribution in [0.1, 0.15) is 13.3 Å². The number of para-hydroxylation sites is 1. The molecule has 0 saturated heterocycles. The summed E-state index contributed by atoms with van der Waals surface area (Å²) in [5.41, 5.74) is 5.63. The molecule has 1 unspecified atom stereocenters. The maximum absolute atomic E-state index is 13.3. The van der Waals surface area contributed by atoms with Gasteiger partial charge in [0.2, 0.25) is 0 Å². The summed E-state index contributed by atoms with van der Waals surface area (Å²) in [6.45, 7) is 3.06. The Kier molecular flexibility index (Phi) is 4.90. The molecule has 0 fully saturated rings. The van der Waals surface area contributed by atoms with Gasteiger partial charge in [-0.3, -0.25) is 0 Å². The summed E-state index contributed by atoms with van der Waals surface area (Å²) in [6, 6.07) is 6.42. The number of nitrogens with zero attached hydrogens (tertiary/aromatic N) is 1. The van der Waals surface area contributed by atoms with Crippen molar-refractivity contribution < 1.29 is 9.13 Å². The van der Waals surface area contributed by atoms with Crippen molar-refractivity contribution in [3.63, 3.8) is 0 Å². The smallest absolute Gasteiger partial charge is 0.165 e. The molecule has 0 bridgehead atoms. The number of hydrogen-bond acceptors (Lipinski definition) is 3. The molecule has 0 aromatic heterocycles.